The number of nitrogens with one attached hydrogen (secondary N) is 2. The average molecular weight is 621 g/mol. The van der Waals surface area contributed by atoms with Crippen LogP contribution in [0.4, 0.5) is 4.79 Å². The minimum Gasteiger partial charge on any atom is -0.467 e. The van der Waals surface area contributed by atoms with Crippen LogP contribution in [0, 0.1) is 11.8 Å². The highest BCUT2D eigenvalue weighted by Crippen LogP contribution is 2.47. The summed E-state index contributed by atoms with van der Waals surface area (Å²) in [6, 6.07) is 7.95. The fraction of sp³-hybridized carbons (Fsp3) is 0.559. The zero-order valence-corrected chi connectivity index (χ0v) is 26.4. The number of allylic oxidation sites excluding steroid dienone is 1. The SMILES string of the molecule is C=C(C)OC(=O)N[C@H](C(=O)N1C[C@H](OCc2cccc3cccnc23)C[C@H]1C(=O)N[C@]1(C(=O)OC)C[C@@H]1CC)C1CCCCC1. The van der Waals surface area contributed by atoms with Crippen molar-refractivity contribution in [2.45, 2.75) is 95.5 Å². The molecule has 2 heterocycles. The maximum absolute atomic E-state index is 14.4. The van der Waals surface area contributed by atoms with Crippen LogP contribution < -0.4 is 10.6 Å². The number of benzene rings is 1. The van der Waals surface area contributed by atoms with Crippen LogP contribution in [0.3, 0.4) is 0 Å². The maximum Gasteiger partial charge on any atom is 0.412 e. The van der Waals surface area contributed by atoms with Crippen LogP contribution in [0.1, 0.15) is 70.8 Å². The van der Waals surface area contributed by atoms with Crippen LogP contribution >= 0.6 is 0 Å². The first kappa shape index (κ1) is 32.4. The second kappa shape index (κ2) is 14.0. The van der Waals surface area contributed by atoms with Gasteiger partial charge < -0.3 is 29.7 Å². The normalized spacial score (nSPS) is 25.3. The lowest BCUT2D eigenvalue weighted by atomic mass is 9.83. The number of likely N-dealkylation sites (tertiary alicyclic amines) is 1. The summed E-state index contributed by atoms with van der Waals surface area (Å²) in [6.07, 6.45) is 6.43. The molecule has 5 atom stereocenters. The van der Waals surface area contributed by atoms with E-state index >= 15 is 0 Å². The summed E-state index contributed by atoms with van der Waals surface area (Å²) in [7, 11) is 1.31. The Hall–Kier alpha value is -3.99. The van der Waals surface area contributed by atoms with Gasteiger partial charge in [-0.1, -0.05) is 63.5 Å². The fourth-order valence-corrected chi connectivity index (χ4v) is 7.01. The number of esters is 1. The molecule has 45 heavy (non-hydrogen) atoms. The van der Waals surface area contributed by atoms with Crippen molar-refractivity contribution in [1.82, 2.24) is 20.5 Å². The second-order valence-electron chi connectivity index (χ2n) is 12.5. The van der Waals surface area contributed by atoms with Gasteiger partial charge in [0.1, 0.15) is 17.6 Å². The quantitative estimate of drug-likeness (QED) is 0.279. The van der Waals surface area contributed by atoms with Gasteiger partial charge in [-0.3, -0.25) is 14.6 Å². The third-order valence-corrected chi connectivity index (χ3v) is 9.46. The fourth-order valence-electron chi connectivity index (χ4n) is 7.01. The van der Waals surface area contributed by atoms with E-state index in [0.29, 0.717) is 12.8 Å². The molecule has 11 nitrogen and oxygen atoms in total. The Bertz CT molecular complexity index is 1440. The standard InChI is InChI=1S/C34H44N4O7/c1-5-25-18-34(25,32(41)43-4)37-30(39)27-17-26(44-20-24-14-9-13-22-15-10-16-35-28(22)24)19-38(27)31(40)29(23-11-7-6-8-12-23)36-33(42)45-21(2)3/h9-10,13-16,23,25-27,29H,2,5-8,11-12,17-20H2,1,3-4H3,(H,36,42)(H,37,39)/t25-,26+,27-,29-,34+/m0/s1. The molecule has 2 aromatic rings. The van der Waals surface area contributed by atoms with E-state index in [1.165, 1.54) is 12.0 Å². The van der Waals surface area contributed by atoms with Gasteiger partial charge in [0, 0.05) is 30.1 Å². The number of carbonyl (C=O) groups is 4. The highest BCUT2D eigenvalue weighted by Gasteiger charge is 2.62. The van der Waals surface area contributed by atoms with Gasteiger partial charge in [-0.2, -0.15) is 0 Å². The van der Waals surface area contributed by atoms with Gasteiger partial charge in [-0.05, 0) is 44.1 Å². The Balaban J connectivity index is 1.39. The molecule has 2 N–H and O–H groups in total. The van der Waals surface area contributed by atoms with Gasteiger partial charge in [-0.15, -0.1) is 0 Å². The molecule has 242 valence electrons. The summed E-state index contributed by atoms with van der Waals surface area (Å²) >= 11 is 0. The first-order valence-corrected chi connectivity index (χ1v) is 16.0. The molecule has 1 aromatic carbocycles. The molecule has 2 aliphatic carbocycles. The highest BCUT2D eigenvalue weighted by molar-refractivity contribution is 5.96. The molecule has 0 radical (unpaired) electrons. The molecule has 0 bridgehead atoms. The van der Waals surface area contributed by atoms with Crippen molar-refractivity contribution in [2.24, 2.45) is 11.8 Å². The number of para-hydroxylation sites is 1. The van der Waals surface area contributed by atoms with Gasteiger partial charge in [-0.25, -0.2) is 9.59 Å². The predicted molar refractivity (Wildman–Crippen MR) is 167 cm³/mol. The van der Waals surface area contributed by atoms with Crippen LogP contribution in [-0.4, -0.2) is 71.1 Å². The van der Waals surface area contributed by atoms with Gasteiger partial charge in [0.25, 0.3) is 0 Å². The molecule has 3 fully saturated rings. The molecule has 2 saturated carbocycles. The number of methoxy groups -OCH3 is 1. The van der Waals surface area contributed by atoms with E-state index in [9.17, 15) is 19.2 Å². The minimum absolute atomic E-state index is 0.0427. The lowest BCUT2D eigenvalue weighted by Gasteiger charge is -2.34. The number of alkyl carbamates (subject to hydrolysis) is 1. The van der Waals surface area contributed by atoms with Crippen molar-refractivity contribution in [3.05, 3.63) is 54.4 Å². The minimum atomic E-state index is -1.10. The lowest BCUT2D eigenvalue weighted by Crippen LogP contribution is -2.58. The Labute approximate surface area is 264 Å². The summed E-state index contributed by atoms with van der Waals surface area (Å²) in [6.45, 7) is 7.55. The van der Waals surface area contributed by atoms with Crippen LogP contribution in [-0.2, 0) is 35.2 Å². The monoisotopic (exact) mass is 620 g/mol. The number of hydrogen-bond acceptors (Lipinski definition) is 8. The van der Waals surface area contributed by atoms with Crippen molar-refractivity contribution >= 4 is 34.8 Å². The molecule has 3 amide bonds. The number of hydrogen-bond donors (Lipinski definition) is 2. The van der Waals surface area contributed by atoms with Crippen molar-refractivity contribution in [3.63, 3.8) is 0 Å². The Morgan fingerprint density at radius 2 is 1.89 bits per heavy atom. The zero-order chi connectivity index (χ0) is 32.1. The summed E-state index contributed by atoms with van der Waals surface area (Å²) < 4.78 is 16.6. The van der Waals surface area contributed by atoms with E-state index in [1.54, 1.807) is 13.1 Å². The van der Waals surface area contributed by atoms with E-state index in [2.05, 4.69) is 22.2 Å². The van der Waals surface area contributed by atoms with E-state index in [1.807, 2.05) is 37.3 Å². The van der Waals surface area contributed by atoms with Crippen LogP contribution in [0.25, 0.3) is 10.9 Å². The van der Waals surface area contributed by atoms with Crippen LogP contribution in [0.5, 0.6) is 0 Å². The highest BCUT2D eigenvalue weighted by atomic mass is 16.6. The third-order valence-electron chi connectivity index (χ3n) is 9.46. The van der Waals surface area contributed by atoms with Crippen molar-refractivity contribution in [3.8, 4) is 0 Å². The van der Waals surface area contributed by atoms with E-state index < -0.39 is 41.7 Å². The molecule has 1 aliphatic heterocycles. The van der Waals surface area contributed by atoms with E-state index in [4.69, 9.17) is 14.2 Å². The number of nitrogens with zero attached hydrogens (tertiary/aromatic N) is 2. The molecular formula is C34H44N4O7. The zero-order valence-electron chi connectivity index (χ0n) is 26.4. The Morgan fingerprint density at radius 3 is 2.58 bits per heavy atom. The summed E-state index contributed by atoms with van der Waals surface area (Å²) in [4.78, 5) is 59.8. The molecule has 11 heteroatoms. The number of rotatable bonds is 11. The molecular weight excluding hydrogens is 576 g/mol. The Kier molecular flexibility index (Phi) is 10.1. The van der Waals surface area contributed by atoms with Crippen LogP contribution in [0.2, 0.25) is 0 Å². The lowest BCUT2D eigenvalue weighted by molar-refractivity contribution is -0.148. The average Bonchev–Trinajstić information content (AvgIpc) is 3.59. The van der Waals surface area contributed by atoms with Crippen molar-refractivity contribution < 1.29 is 33.4 Å². The predicted octanol–water partition coefficient (Wildman–Crippen LogP) is 4.39. The largest absolute Gasteiger partial charge is 0.467 e. The van der Waals surface area contributed by atoms with Gasteiger partial charge in [0.15, 0.2) is 0 Å². The van der Waals surface area contributed by atoms with Gasteiger partial charge in [0.05, 0.1) is 31.1 Å². The summed E-state index contributed by atoms with van der Waals surface area (Å²) in [5.74, 6) is -1.23. The van der Waals surface area contributed by atoms with E-state index in [-0.39, 0.29) is 43.1 Å². The topological polar surface area (TPSA) is 136 Å². The third kappa shape index (κ3) is 7.13. The number of amides is 3. The number of fused-ring (bicyclic) bond motifs is 1. The molecule has 0 spiro atoms. The molecule has 3 aliphatic rings. The molecule has 5 rings (SSSR count). The maximum atomic E-state index is 14.4. The first-order valence-electron chi connectivity index (χ1n) is 16.0. The molecule has 0 unspecified atom stereocenters. The van der Waals surface area contributed by atoms with Crippen molar-refractivity contribution in [1.29, 1.82) is 0 Å². The second-order valence-corrected chi connectivity index (χ2v) is 12.5. The Morgan fingerprint density at radius 1 is 1.13 bits per heavy atom. The smallest absolute Gasteiger partial charge is 0.412 e. The number of pyridine rings is 1. The van der Waals surface area contributed by atoms with Gasteiger partial charge >= 0.3 is 12.1 Å². The van der Waals surface area contributed by atoms with Crippen molar-refractivity contribution in [2.75, 3.05) is 13.7 Å². The number of ether oxygens (including phenoxy) is 3. The first-order chi connectivity index (χ1) is 21.7. The molecule has 1 saturated heterocycles. The van der Waals surface area contributed by atoms with Crippen LogP contribution in [0.15, 0.2) is 48.9 Å². The van der Waals surface area contributed by atoms with Gasteiger partial charge in [0.2, 0.25) is 11.8 Å². The number of aromatic nitrogens is 1. The summed E-state index contributed by atoms with van der Waals surface area (Å²) in [5.41, 5.74) is 0.628. The number of carbonyl (C=O) groups excluding carboxylic acids is 4. The van der Waals surface area contributed by atoms with E-state index in [0.717, 1.165) is 48.6 Å². The molecule has 1 aromatic heterocycles. The summed E-state index contributed by atoms with van der Waals surface area (Å²) in [5, 5.41) is 6.73.